The van der Waals surface area contributed by atoms with Crippen LogP contribution in [0.4, 0.5) is 17.6 Å². The molecule has 0 saturated heterocycles. The summed E-state index contributed by atoms with van der Waals surface area (Å²) in [6, 6.07) is 19.0. The molecule has 13 heteroatoms. The fourth-order valence-corrected chi connectivity index (χ4v) is 6.45. The minimum Gasteiger partial charge on any atom is -0.543 e. The van der Waals surface area contributed by atoms with E-state index in [-0.39, 0.29) is 44.8 Å². The highest BCUT2D eigenvalue weighted by Crippen LogP contribution is 2.38. The molecule has 0 aliphatic rings. The Hall–Kier alpha value is -1.58. The highest BCUT2D eigenvalue weighted by molar-refractivity contribution is 14.1. The molecule has 0 bridgehead atoms. The molecule has 0 amide bonds. The van der Waals surface area contributed by atoms with Gasteiger partial charge in [0.15, 0.2) is 0 Å². The SMILES string of the molecule is CC(C)(C)[Si](C)(C)Oc1ccc(F)c(I)c1.CC(C)(C)[Si](C)(C)Oc1ccc(F)cc1.Oc1ccc(F)c(I)c1.Oc1ccc(F)c(I)c1. The van der Waals surface area contributed by atoms with Crippen LogP contribution in [-0.4, -0.2) is 26.8 Å². The Kier molecular flexibility index (Phi) is 17.9. The molecule has 270 valence electrons. The van der Waals surface area contributed by atoms with Crippen molar-refractivity contribution in [1.82, 2.24) is 0 Å². The van der Waals surface area contributed by atoms with Crippen molar-refractivity contribution in [2.24, 2.45) is 0 Å². The number of halogens is 7. The lowest BCUT2D eigenvalue weighted by Crippen LogP contribution is -2.43. The van der Waals surface area contributed by atoms with E-state index in [1.54, 1.807) is 24.3 Å². The number of hydrogen-bond acceptors (Lipinski definition) is 4. The van der Waals surface area contributed by atoms with Crippen LogP contribution in [0.25, 0.3) is 0 Å². The zero-order valence-corrected chi connectivity index (χ0v) is 37.8. The normalized spacial score (nSPS) is 11.5. The third-order valence-electron chi connectivity index (χ3n) is 7.87. The Labute approximate surface area is 331 Å². The van der Waals surface area contributed by atoms with E-state index in [2.05, 4.69) is 67.7 Å². The number of aromatic hydroxyl groups is 2. The largest absolute Gasteiger partial charge is 0.543 e. The Morgan fingerprint density at radius 1 is 0.490 bits per heavy atom. The summed E-state index contributed by atoms with van der Waals surface area (Å²) in [5, 5.41) is 17.9. The first kappa shape index (κ1) is 45.4. The lowest BCUT2D eigenvalue weighted by Gasteiger charge is -2.36. The number of rotatable bonds is 4. The summed E-state index contributed by atoms with van der Waals surface area (Å²) in [6.07, 6.45) is 0. The van der Waals surface area contributed by atoms with Crippen molar-refractivity contribution >= 4 is 84.4 Å². The van der Waals surface area contributed by atoms with Crippen LogP contribution in [0.3, 0.4) is 0 Å². The summed E-state index contributed by atoms with van der Waals surface area (Å²) >= 11 is 5.61. The van der Waals surface area contributed by atoms with Gasteiger partial charge >= 0.3 is 0 Å². The molecule has 4 rings (SSSR count). The van der Waals surface area contributed by atoms with Gasteiger partial charge in [-0.05, 0) is 183 Å². The lowest BCUT2D eigenvalue weighted by atomic mass is 10.2. The van der Waals surface area contributed by atoms with Crippen molar-refractivity contribution in [2.75, 3.05) is 0 Å². The summed E-state index contributed by atoms with van der Waals surface area (Å²) in [4.78, 5) is 0. The summed E-state index contributed by atoms with van der Waals surface area (Å²) < 4.78 is 64.1. The molecule has 0 atom stereocenters. The van der Waals surface area contributed by atoms with Crippen LogP contribution < -0.4 is 8.85 Å². The second kappa shape index (κ2) is 19.3. The average molecular weight is 1050 g/mol. The molecule has 0 radical (unpaired) electrons. The molecule has 0 spiro atoms. The molecule has 0 heterocycles. The van der Waals surface area contributed by atoms with E-state index in [9.17, 15) is 17.6 Å². The Morgan fingerprint density at radius 2 is 0.796 bits per heavy atom. The van der Waals surface area contributed by atoms with Crippen LogP contribution in [0.2, 0.25) is 36.3 Å². The van der Waals surface area contributed by atoms with Gasteiger partial charge in [-0.25, -0.2) is 17.6 Å². The van der Waals surface area contributed by atoms with Crippen molar-refractivity contribution in [1.29, 1.82) is 0 Å². The number of benzene rings is 4. The first-order valence-electron chi connectivity index (χ1n) is 15.1. The molecule has 0 aromatic heterocycles. The van der Waals surface area contributed by atoms with E-state index in [1.165, 1.54) is 54.6 Å². The predicted molar refractivity (Wildman–Crippen MR) is 223 cm³/mol. The highest BCUT2D eigenvalue weighted by Gasteiger charge is 2.39. The first-order chi connectivity index (χ1) is 22.3. The van der Waals surface area contributed by atoms with E-state index in [0.717, 1.165) is 11.5 Å². The second-order valence-corrected chi connectivity index (χ2v) is 26.9. The molecular formula is C36H45F4I3O4Si2. The molecule has 4 aromatic rings. The molecule has 0 saturated carbocycles. The molecule has 0 fully saturated rings. The standard InChI is InChI=1S/C12H18FIOSi.C12H19FOSi.2C6H4FIO/c1-12(2,3)16(4,5)15-9-6-7-10(13)11(14)8-9;1-12(2,3)15(4,5)14-11-8-6-10(13)7-9-11;2*7-5-2-1-4(9)3-6(5)8/h6-8H,1-5H3;6-9H,1-5H3;2*1-3,9H. The van der Waals surface area contributed by atoms with Crippen LogP contribution in [0.5, 0.6) is 23.0 Å². The topological polar surface area (TPSA) is 58.9 Å². The van der Waals surface area contributed by atoms with Gasteiger partial charge in [-0.1, -0.05) is 41.5 Å². The van der Waals surface area contributed by atoms with E-state index in [0.29, 0.717) is 10.7 Å². The predicted octanol–water partition coefficient (Wildman–Crippen LogP) is 13.3. The highest BCUT2D eigenvalue weighted by atomic mass is 127. The maximum atomic E-state index is 13.1. The zero-order valence-electron chi connectivity index (χ0n) is 29.4. The Balaban J connectivity index is 0.000000337. The van der Waals surface area contributed by atoms with Crippen LogP contribution in [0.15, 0.2) is 78.9 Å². The third kappa shape index (κ3) is 16.1. The van der Waals surface area contributed by atoms with Crippen LogP contribution in [0.1, 0.15) is 41.5 Å². The van der Waals surface area contributed by atoms with E-state index in [1.807, 2.05) is 67.8 Å². The molecule has 2 N–H and O–H groups in total. The second-order valence-electron chi connectivity index (χ2n) is 14.0. The van der Waals surface area contributed by atoms with Gasteiger partial charge in [-0.2, -0.15) is 0 Å². The molecule has 0 unspecified atom stereocenters. The molecule has 4 aromatic carbocycles. The van der Waals surface area contributed by atoms with E-state index >= 15 is 0 Å². The van der Waals surface area contributed by atoms with Gasteiger partial charge in [0.1, 0.15) is 46.3 Å². The van der Waals surface area contributed by atoms with Gasteiger partial charge in [0.2, 0.25) is 16.6 Å². The van der Waals surface area contributed by atoms with Crippen LogP contribution in [-0.2, 0) is 0 Å². The van der Waals surface area contributed by atoms with E-state index < -0.39 is 16.6 Å². The van der Waals surface area contributed by atoms with Crippen molar-refractivity contribution in [3.63, 3.8) is 0 Å². The van der Waals surface area contributed by atoms with Crippen molar-refractivity contribution in [2.45, 2.75) is 77.8 Å². The molecular weight excluding hydrogens is 1010 g/mol. The summed E-state index contributed by atoms with van der Waals surface area (Å²) in [5.41, 5.74) is 0. The fraction of sp³-hybridized carbons (Fsp3) is 0.333. The van der Waals surface area contributed by atoms with Crippen molar-refractivity contribution < 1.29 is 36.6 Å². The monoisotopic (exact) mass is 1050 g/mol. The summed E-state index contributed by atoms with van der Waals surface area (Å²) in [5.74, 6) is 0.726. The maximum Gasteiger partial charge on any atom is 0.250 e. The quantitative estimate of drug-likeness (QED) is 0.121. The zero-order chi connectivity index (χ0) is 38.0. The summed E-state index contributed by atoms with van der Waals surface area (Å²) in [6.45, 7) is 21.8. The smallest absolute Gasteiger partial charge is 0.250 e. The van der Waals surface area contributed by atoms with Gasteiger partial charge in [0.05, 0.1) is 10.7 Å². The van der Waals surface area contributed by atoms with Gasteiger partial charge < -0.3 is 19.1 Å². The number of phenolic OH excluding ortho intramolecular Hbond substituents is 2. The maximum absolute atomic E-state index is 13.1. The minimum absolute atomic E-state index is 0.0980. The van der Waals surface area contributed by atoms with Crippen LogP contribution in [0, 0.1) is 34.0 Å². The molecule has 0 aliphatic heterocycles. The fourth-order valence-electron chi connectivity index (χ4n) is 2.91. The van der Waals surface area contributed by atoms with Crippen molar-refractivity contribution in [3.8, 4) is 23.0 Å². The van der Waals surface area contributed by atoms with E-state index in [4.69, 9.17) is 19.1 Å². The Bertz CT molecular complexity index is 1590. The van der Waals surface area contributed by atoms with Gasteiger partial charge in [-0.3, -0.25) is 0 Å². The lowest BCUT2D eigenvalue weighted by molar-refractivity contribution is 0.472. The molecule has 49 heavy (non-hydrogen) atoms. The number of phenols is 2. The third-order valence-corrected chi connectivity index (χ3v) is 19.1. The molecule has 4 nitrogen and oxygen atoms in total. The minimum atomic E-state index is -1.81. The number of hydrogen-bond donors (Lipinski definition) is 2. The van der Waals surface area contributed by atoms with Gasteiger partial charge in [0.25, 0.3) is 0 Å². The van der Waals surface area contributed by atoms with Gasteiger partial charge in [-0.15, -0.1) is 0 Å². The Morgan fingerprint density at radius 3 is 1.10 bits per heavy atom. The first-order valence-corrected chi connectivity index (χ1v) is 24.2. The van der Waals surface area contributed by atoms with Gasteiger partial charge in [0, 0.05) is 0 Å². The van der Waals surface area contributed by atoms with Crippen LogP contribution >= 0.6 is 67.8 Å². The molecule has 0 aliphatic carbocycles. The average Bonchev–Trinajstić information content (AvgIpc) is 2.96. The van der Waals surface area contributed by atoms with Crippen molar-refractivity contribution in [3.05, 3.63) is 113 Å². The summed E-state index contributed by atoms with van der Waals surface area (Å²) in [7, 11) is -3.60.